The molecule has 0 aliphatic rings. The van der Waals surface area contributed by atoms with Crippen molar-refractivity contribution in [3.05, 3.63) is 23.2 Å². The predicted molar refractivity (Wildman–Crippen MR) is 69.9 cm³/mol. The summed E-state index contributed by atoms with van der Waals surface area (Å²) < 4.78 is 0. The molecular weight excluding hydrogens is 224 g/mol. The molecule has 1 rings (SSSR count). The van der Waals surface area contributed by atoms with Gasteiger partial charge in [-0.2, -0.15) is 0 Å². The maximum Gasteiger partial charge on any atom is 0.0814 e. The molecule has 90 valence electrons. The molecule has 0 amide bonds. The number of nitrogens with one attached hydrogen (secondary N) is 1. The largest absolute Gasteiger partial charge is 0.396 e. The van der Waals surface area contributed by atoms with Crippen molar-refractivity contribution in [1.82, 2.24) is 0 Å². The minimum absolute atomic E-state index is 0.477. The van der Waals surface area contributed by atoms with Crippen molar-refractivity contribution in [2.75, 3.05) is 17.6 Å². The van der Waals surface area contributed by atoms with Crippen LogP contribution in [0.2, 0.25) is 5.02 Å². The van der Waals surface area contributed by atoms with Crippen LogP contribution in [-0.4, -0.2) is 17.3 Å². The number of benzene rings is 1. The van der Waals surface area contributed by atoms with E-state index < -0.39 is 5.60 Å². The summed E-state index contributed by atoms with van der Waals surface area (Å²) in [4.78, 5) is 0. The van der Waals surface area contributed by atoms with Crippen LogP contribution in [0.25, 0.3) is 0 Å². The zero-order chi connectivity index (χ0) is 12.2. The van der Waals surface area contributed by atoms with Crippen LogP contribution >= 0.6 is 11.6 Å². The lowest BCUT2D eigenvalue weighted by Crippen LogP contribution is -2.35. The van der Waals surface area contributed by atoms with Gasteiger partial charge in [-0.15, -0.1) is 0 Å². The van der Waals surface area contributed by atoms with Gasteiger partial charge in [-0.25, -0.2) is 0 Å². The summed E-state index contributed by atoms with van der Waals surface area (Å²) in [5, 5.41) is 13.8. The fourth-order valence-corrected chi connectivity index (χ4v) is 1.63. The molecule has 0 bridgehead atoms. The fourth-order valence-electron chi connectivity index (χ4n) is 1.45. The van der Waals surface area contributed by atoms with E-state index in [2.05, 4.69) is 5.32 Å². The van der Waals surface area contributed by atoms with Crippen molar-refractivity contribution in [3.63, 3.8) is 0 Å². The highest BCUT2D eigenvalue weighted by molar-refractivity contribution is 6.33. The molecule has 3 nitrogen and oxygen atoms in total. The standard InChI is InChI=1S/C12H19ClN2O/c1-3-12(16,4-2)8-15-10-7-5-6-9(13)11(10)14/h5-7,15-16H,3-4,8,14H2,1-2H3. The third-order valence-corrected chi connectivity index (χ3v) is 3.31. The lowest BCUT2D eigenvalue weighted by atomic mass is 9.97. The first-order valence-electron chi connectivity index (χ1n) is 5.52. The van der Waals surface area contributed by atoms with Crippen LogP contribution in [0.5, 0.6) is 0 Å². The predicted octanol–water partition coefficient (Wildman–Crippen LogP) is 2.89. The second-order valence-electron chi connectivity index (χ2n) is 3.99. The average molecular weight is 243 g/mol. The van der Waals surface area contributed by atoms with E-state index >= 15 is 0 Å². The molecule has 1 aromatic carbocycles. The van der Waals surface area contributed by atoms with Crippen molar-refractivity contribution < 1.29 is 5.11 Å². The molecule has 16 heavy (non-hydrogen) atoms. The molecule has 0 saturated heterocycles. The maximum absolute atomic E-state index is 10.1. The van der Waals surface area contributed by atoms with Crippen molar-refractivity contribution in [1.29, 1.82) is 0 Å². The molecule has 0 saturated carbocycles. The Morgan fingerprint density at radius 3 is 2.56 bits per heavy atom. The van der Waals surface area contributed by atoms with Gasteiger partial charge in [0.05, 0.1) is 22.0 Å². The number of nitrogen functional groups attached to an aromatic ring is 1. The number of hydrogen-bond acceptors (Lipinski definition) is 3. The van der Waals surface area contributed by atoms with Crippen molar-refractivity contribution in [2.24, 2.45) is 0 Å². The molecule has 0 aliphatic heterocycles. The van der Waals surface area contributed by atoms with Gasteiger partial charge in [-0.3, -0.25) is 0 Å². The molecule has 0 spiro atoms. The monoisotopic (exact) mass is 242 g/mol. The summed E-state index contributed by atoms with van der Waals surface area (Å²) in [5.41, 5.74) is 6.43. The topological polar surface area (TPSA) is 58.3 Å². The molecule has 0 radical (unpaired) electrons. The number of anilines is 2. The highest BCUT2D eigenvalue weighted by Gasteiger charge is 2.21. The summed E-state index contributed by atoms with van der Waals surface area (Å²) in [5.74, 6) is 0. The maximum atomic E-state index is 10.1. The smallest absolute Gasteiger partial charge is 0.0814 e. The zero-order valence-corrected chi connectivity index (χ0v) is 10.5. The van der Waals surface area contributed by atoms with E-state index in [-0.39, 0.29) is 0 Å². The van der Waals surface area contributed by atoms with Crippen LogP contribution in [0.3, 0.4) is 0 Å². The number of para-hydroxylation sites is 1. The van der Waals surface area contributed by atoms with Gasteiger partial charge in [0.1, 0.15) is 0 Å². The van der Waals surface area contributed by atoms with Crippen molar-refractivity contribution in [3.8, 4) is 0 Å². The van der Waals surface area contributed by atoms with Crippen LogP contribution in [0.4, 0.5) is 11.4 Å². The molecule has 0 heterocycles. The second kappa shape index (κ2) is 5.41. The summed E-state index contributed by atoms with van der Waals surface area (Å²) in [6.45, 7) is 4.41. The Morgan fingerprint density at radius 2 is 2.00 bits per heavy atom. The number of aliphatic hydroxyl groups is 1. The van der Waals surface area contributed by atoms with Gasteiger partial charge >= 0.3 is 0 Å². The Bertz CT molecular complexity index is 351. The molecular formula is C12H19ClN2O. The van der Waals surface area contributed by atoms with Gasteiger partial charge in [-0.05, 0) is 25.0 Å². The first-order chi connectivity index (χ1) is 7.52. The number of halogens is 1. The molecule has 4 heteroatoms. The second-order valence-corrected chi connectivity index (χ2v) is 4.39. The molecule has 0 aromatic heterocycles. The summed E-state index contributed by atoms with van der Waals surface area (Å²) in [6.07, 6.45) is 1.41. The summed E-state index contributed by atoms with van der Waals surface area (Å²) in [6, 6.07) is 5.43. The minimum atomic E-state index is -0.686. The highest BCUT2D eigenvalue weighted by Crippen LogP contribution is 2.27. The van der Waals surface area contributed by atoms with Gasteiger partial charge in [0.25, 0.3) is 0 Å². The van der Waals surface area contributed by atoms with Gasteiger partial charge in [0.2, 0.25) is 0 Å². The lowest BCUT2D eigenvalue weighted by Gasteiger charge is -2.26. The van der Waals surface area contributed by atoms with Crippen molar-refractivity contribution >= 4 is 23.0 Å². The normalized spacial score (nSPS) is 11.5. The zero-order valence-electron chi connectivity index (χ0n) is 9.76. The molecule has 0 unspecified atom stereocenters. The Balaban J connectivity index is 2.71. The van der Waals surface area contributed by atoms with Gasteiger partial charge in [0, 0.05) is 6.54 Å². The third kappa shape index (κ3) is 3.03. The van der Waals surface area contributed by atoms with E-state index in [4.69, 9.17) is 17.3 Å². The van der Waals surface area contributed by atoms with E-state index in [1.165, 1.54) is 0 Å². The van der Waals surface area contributed by atoms with E-state index in [9.17, 15) is 5.11 Å². The first kappa shape index (κ1) is 13.1. The summed E-state index contributed by atoms with van der Waals surface area (Å²) in [7, 11) is 0. The Morgan fingerprint density at radius 1 is 1.38 bits per heavy atom. The van der Waals surface area contributed by atoms with E-state index in [1.807, 2.05) is 26.0 Å². The fraction of sp³-hybridized carbons (Fsp3) is 0.500. The summed E-state index contributed by atoms with van der Waals surface area (Å²) >= 11 is 5.90. The first-order valence-corrected chi connectivity index (χ1v) is 5.90. The van der Waals surface area contributed by atoms with Gasteiger partial charge in [0.15, 0.2) is 0 Å². The third-order valence-electron chi connectivity index (χ3n) is 2.98. The van der Waals surface area contributed by atoms with Crippen LogP contribution in [0, 0.1) is 0 Å². The Kier molecular flexibility index (Phi) is 4.44. The van der Waals surface area contributed by atoms with Crippen molar-refractivity contribution in [2.45, 2.75) is 32.3 Å². The molecule has 1 aromatic rings. The van der Waals surface area contributed by atoms with Crippen LogP contribution in [-0.2, 0) is 0 Å². The lowest BCUT2D eigenvalue weighted by molar-refractivity contribution is 0.0457. The molecule has 0 atom stereocenters. The quantitative estimate of drug-likeness (QED) is 0.696. The highest BCUT2D eigenvalue weighted by atomic mass is 35.5. The van der Waals surface area contributed by atoms with E-state index in [0.29, 0.717) is 30.1 Å². The SMILES string of the molecule is CCC(O)(CC)CNc1cccc(Cl)c1N. The number of nitrogens with two attached hydrogens (primary N) is 1. The Labute approximate surface area is 102 Å². The van der Waals surface area contributed by atoms with Gasteiger partial charge in [-0.1, -0.05) is 31.5 Å². The van der Waals surface area contributed by atoms with Crippen LogP contribution in [0.15, 0.2) is 18.2 Å². The van der Waals surface area contributed by atoms with E-state index in [0.717, 1.165) is 5.69 Å². The minimum Gasteiger partial charge on any atom is -0.396 e. The van der Waals surface area contributed by atoms with Gasteiger partial charge < -0.3 is 16.2 Å². The Hall–Kier alpha value is -0.930. The number of hydrogen-bond donors (Lipinski definition) is 3. The number of rotatable bonds is 5. The molecule has 0 aliphatic carbocycles. The van der Waals surface area contributed by atoms with Crippen LogP contribution in [0.1, 0.15) is 26.7 Å². The average Bonchev–Trinajstić information content (AvgIpc) is 2.31. The van der Waals surface area contributed by atoms with Crippen LogP contribution < -0.4 is 11.1 Å². The molecule has 4 N–H and O–H groups in total. The molecule has 0 fully saturated rings. The van der Waals surface area contributed by atoms with E-state index in [1.54, 1.807) is 6.07 Å².